The van der Waals surface area contributed by atoms with Gasteiger partial charge in [-0.15, -0.1) is 12.4 Å². The van der Waals surface area contributed by atoms with E-state index in [1.54, 1.807) is 27.4 Å². The molecule has 1 fully saturated rings. The van der Waals surface area contributed by atoms with Gasteiger partial charge in [-0.3, -0.25) is 4.79 Å². The fraction of sp³-hybridized carbons (Fsp3) is 0.400. The summed E-state index contributed by atoms with van der Waals surface area (Å²) in [5.41, 5.74) is 1.74. The second kappa shape index (κ2) is 7.78. The molecule has 0 saturated carbocycles. The largest absolute Gasteiger partial charge is 0.496 e. The first-order valence-electron chi connectivity index (χ1n) is 6.44. The number of carbonyl (C=O) groups excluding carboxylic acids is 1. The molecule has 1 saturated heterocycles. The van der Waals surface area contributed by atoms with E-state index < -0.39 is 0 Å². The lowest BCUT2D eigenvalue weighted by molar-refractivity contribution is -0.119. The molecule has 1 heterocycles. The van der Waals surface area contributed by atoms with Crippen LogP contribution in [0.4, 0.5) is 0 Å². The quantitative estimate of drug-likeness (QED) is 0.925. The number of nitrogens with one attached hydrogen (secondary N) is 1. The van der Waals surface area contributed by atoms with Crippen LogP contribution in [0.15, 0.2) is 17.8 Å². The molecule has 0 bridgehead atoms. The van der Waals surface area contributed by atoms with Crippen LogP contribution in [-0.4, -0.2) is 33.7 Å². The van der Waals surface area contributed by atoms with Crippen LogP contribution in [0.2, 0.25) is 0 Å². The molecule has 0 aromatic heterocycles. The van der Waals surface area contributed by atoms with Gasteiger partial charge in [0.25, 0.3) is 0 Å². The number of hydrogen-bond acceptors (Lipinski definition) is 5. The van der Waals surface area contributed by atoms with Crippen LogP contribution in [-0.2, 0) is 4.79 Å². The van der Waals surface area contributed by atoms with Crippen molar-refractivity contribution in [2.24, 2.45) is 0 Å². The summed E-state index contributed by atoms with van der Waals surface area (Å²) < 4.78 is 15.9. The van der Waals surface area contributed by atoms with Crippen molar-refractivity contribution in [1.29, 1.82) is 0 Å². The number of halogens is 1. The number of Topliss-reactive ketones (excluding diaryl/α,β-unsaturated/α-hetero) is 1. The maximum Gasteiger partial charge on any atom is 0.164 e. The van der Waals surface area contributed by atoms with Crippen LogP contribution in [0.3, 0.4) is 0 Å². The van der Waals surface area contributed by atoms with Gasteiger partial charge in [-0.2, -0.15) is 0 Å². The van der Waals surface area contributed by atoms with Crippen molar-refractivity contribution in [3.05, 3.63) is 23.4 Å². The second-order valence-corrected chi connectivity index (χ2v) is 4.51. The van der Waals surface area contributed by atoms with E-state index in [0.29, 0.717) is 36.6 Å². The van der Waals surface area contributed by atoms with Crippen LogP contribution in [0.25, 0.3) is 6.08 Å². The zero-order valence-electron chi connectivity index (χ0n) is 12.4. The molecule has 1 aromatic carbocycles. The summed E-state index contributed by atoms with van der Waals surface area (Å²) in [6.45, 7) is 0.681. The Balaban J connectivity index is 0.00000220. The number of ether oxygens (including phenoxy) is 3. The molecule has 2 rings (SSSR count). The van der Waals surface area contributed by atoms with Crippen molar-refractivity contribution in [2.75, 3.05) is 27.9 Å². The minimum absolute atomic E-state index is 0. The van der Waals surface area contributed by atoms with Crippen molar-refractivity contribution in [2.45, 2.75) is 12.8 Å². The highest BCUT2D eigenvalue weighted by atomic mass is 35.5. The van der Waals surface area contributed by atoms with Crippen LogP contribution in [0, 0.1) is 0 Å². The van der Waals surface area contributed by atoms with Crippen LogP contribution in [0.1, 0.15) is 18.4 Å². The molecular weight excluding hydrogens is 294 g/mol. The number of benzene rings is 1. The molecule has 0 amide bonds. The minimum atomic E-state index is 0. The van der Waals surface area contributed by atoms with Gasteiger partial charge < -0.3 is 19.5 Å². The average molecular weight is 314 g/mol. The van der Waals surface area contributed by atoms with E-state index in [1.807, 2.05) is 12.1 Å². The molecular formula is C15H20ClNO4. The Labute approximate surface area is 130 Å². The van der Waals surface area contributed by atoms with Crippen molar-refractivity contribution >= 4 is 24.3 Å². The predicted molar refractivity (Wildman–Crippen MR) is 83.6 cm³/mol. The molecule has 0 radical (unpaired) electrons. The Morgan fingerprint density at radius 2 is 1.67 bits per heavy atom. The van der Waals surface area contributed by atoms with Crippen LogP contribution < -0.4 is 19.5 Å². The maximum atomic E-state index is 11.5. The highest BCUT2D eigenvalue weighted by molar-refractivity contribution is 5.85. The zero-order chi connectivity index (χ0) is 14.5. The molecule has 1 aromatic rings. The Morgan fingerprint density at radius 3 is 2.24 bits per heavy atom. The van der Waals surface area contributed by atoms with Crippen molar-refractivity contribution in [1.82, 2.24) is 5.32 Å². The smallest absolute Gasteiger partial charge is 0.164 e. The van der Waals surface area contributed by atoms with E-state index >= 15 is 0 Å². The van der Waals surface area contributed by atoms with Gasteiger partial charge >= 0.3 is 0 Å². The fourth-order valence-electron chi connectivity index (χ4n) is 2.18. The molecule has 21 heavy (non-hydrogen) atoms. The average Bonchev–Trinajstić information content (AvgIpc) is 2.46. The number of allylic oxidation sites excluding steroid dienone is 1. The van der Waals surface area contributed by atoms with Gasteiger partial charge in [0.15, 0.2) is 11.5 Å². The molecule has 0 atom stereocenters. The molecule has 0 spiro atoms. The molecule has 1 aliphatic heterocycles. The molecule has 6 heteroatoms. The van der Waals surface area contributed by atoms with Gasteiger partial charge in [0.05, 0.1) is 21.3 Å². The van der Waals surface area contributed by atoms with Crippen molar-refractivity contribution in [3.63, 3.8) is 0 Å². The fourth-order valence-corrected chi connectivity index (χ4v) is 2.18. The third kappa shape index (κ3) is 4.04. The predicted octanol–water partition coefficient (Wildman–Crippen LogP) is 2.43. The molecule has 1 aliphatic rings. The zero-order valence-corrected chi connectivity index (χ0v) is 13.2. The van der Waals surface area contributed by atoms with Crippen LogP contribution in [0.5, 0.6) is 17.2 Å². The van der Waals surface area contributed by atoms with E-state index in [0.717, 1.165) is 11.3 Å². The summed E-state index contributed by atoms with van der Waals surface area (Å²) >= 11 is 0. The van der Waals surface area contributed by atoms with Crippen molar-refractivity contribution in [3.8, 4) is 17.2 Å². The van der Waals surface area contributed by atoms with E-state index in [1.165, 1.54) is 0 Å². The molecule has 0 unspecified atom stereocenters. The first-order valence-corrected chi connectivity index (χ1v) is 6.44. The first-order chi connectivity index (χ1) is 9.67. The summed E-state index contributed by atoms with van der Waals surface area (Å²) in [6, 6.07) is 3.61. The Bertz CT molecular complexity index is 543. The first kappa shape index (κ1) is 17.2. The maximum absolute atomic E-state index is 11.5. The molecule has 1 N–H and O–H groups in total. The molecule has 0 aliphatic carbocycles. The lowest BCUT2D eigenvalue weighted by Crippen LogP contribution is -2.25. The van der Waals surface area contributed by atoms with Gasteiger partial charge in [0, 0.05) is 36.7 Å². The van der Waals surface area contributed by atoms with Gasteiger partial charge in [-0.1, -0.05) is 0 Å². The normalized spacial score (nSPS) is 16.0. The third-order valence-electron chi connectivity index (χ3n) is 3.21. The van der Waals surface area contributed by atoms with E-state index in [2.05, 4.69) is 5.32 Å². The molecule has 116 valence electrons. The number of hydrogen-bond donors (Lipinski definition) is 1. The van der Waals surface area contributed by atoms with Gasteiger partial charge in [-0.05, 0) is 12.1 Å². The lowest BCUT2D eigenvalue weighted by atomic mass is 10.0. The standard InChI is InChI=1S/C15H19NO4.ClH/c1-18-13-9-15(20-3)14(19-2)7-10(13)6-11-8-12(17)4-5-16-11;/h6-7,9,16H,4-5,8H2,1-3H3;1H. The summed E-state index contributed by atoms with van der Waals surface area (Å²) in [6.07, 6.45) is 2.93. The van der Waals surface area contributed by atoms with E-state index in [-0.39, 0.29) is 18.2 Å². The lowest BCUT2D eigenvalue weighted by Gasteiger charge is -2.17. The summed E-state index contributed by atoms with van der Waals surface area (Å²) in [7, 11) is 4.77. The van der Waals surface area contributed by atoms with Gasteiger partial charge in [0.1, 0.15) is 11.5 Å². The second-order valence-electron chi connectivity index (χ2n) is 4.51. The Morgan fingerprint density at radius 1 is 1.05 bits per heavy atom. The summed E-state index contributed by atoms with van der Waals surface area (Å²) in [5, 5.41) is 3.23. The number of rotatable bonds is 4. The summed E-state index contributed by atoms with van der Waals surface area (Å²) in [5.74, 6) is 2.16. The van der Waals surface area contributed by atoms with Crippen molar-refractivity contribution < 1.29 is 19.0 Å². The molecule has 5 nitrogen and oxygen atoms in total. The van der Waals surface area contributed by atoms with Gasteiger partial charge in [0.2, 0.25) is 0 Å². The van der Waals surface area contributed by atoms with E-state index in [9.17, 15) is 4.79 Å². The monoisotopic (exact) mass is 313 g/mol. The Kier molecular flexibility index (Phi) is 6.37. The van der Waals surface area contributed by atoms with Gasteiger partial charge in [-0.25, -0.2) is 0 Å². The van der Waals surface area contributed by atoms with E-state index in [4.69, 9.17) is 14.2 Å². The highest BCUT2D eigenvalue weighted by Gasteiger charge is 2.15. The summed E-state index contributed by atoms with van der Waals surface area (Å²) in [4.78, 5) is 11.5. The Hall–Kier alpha value is -1.88. The number of methoxy groups -OCH3 is 3. The SMILES string of the molecule is COc1cc(OC)c(OC)cc1C=C1CC(=O)CCN1.Cl. The topological polar surface area (TPSA) is 56.8 Å². The van der Waals surface area contributed by atoms with Crippen LogP contribution >= 0.6 is 12.4 Å². The third-order valence-corrected chi connectivity index (χ3v) is 3.21. The number of ketones is 1. The number of piperidine rings is 1. The number of carbonyl (C=O) groups is 1. The highest BCUT2D eigenvalue weighted by Crippen LogP contribution is 2.35. The minimum Gasteiger partial charge on any atom is -0.496 e.